The van der Waals surface area contributed by atoms with Crippen molar-refractivity contribution in [3.8, 4) is 5.69 Å². The monoisotopic (exact) mass is 581 g/mol. The van der Waals surface area contributed by atoms with Crippen LogP contribution in [0, 0.1) is 6.92 Å². The van der Waals surface area contributed by atoms with Crippen LogP contribution in [-0.4, -0.2) is 32.3 Å². The van der Waals surface area contributed by atoms with Crippen LogP contribution in [0.3, 0.4) is 0 Å². The third kappa shape index (κ3) is 7.75. The van der Waals surface area contributed by atoms with E-state index in [1.54, 1.807) is 18.2 Å². The van der Waals surface area contributed by atoms with Gasteiger partial charge in [-0.3, -0.25) is 14.2 Å². The highest BCUT2D eigenvalue weighted by Crippen LogP contribution is 2.32. The number of hydrogen-bond donors (Lipinski definition) is 2. The fourth-order valence-corrected chi connectivity index (χ4v) is 4.79. The molecule has 1 heterocycles. The lowest BCUT2D eigenvalue weighted by atomic mass is 9.87. The Morgan fingerprint density at radius 1 is 0.902 bits per heavy atom. The van der Waals surface area contributed by atoms with Crippen molar-refractivity contribution >= 4 is 29.3 Å². The number of hydrogen-bond acceptors (Lipinski definition) is 5. The predicted molar refractivity (Wildman–Crippen MR) is 153 cm³/mol. The quantitative estimate of drug-likeness (QED) is 0.230. The molecule has 0 unspecified atom stereocenters. The van der Waals surface area contributed by atoms with Crippen LogP contribution in [0.15, 0.2) is 78.0 Å². The van der Waals surface area contributed by atoms with Gasteiger partial charge in [-0.05, 0) is 65.9 Å². The predicted octanol–water partition coefficient (Wildman–Crippen LogP) is 6.55. The van der Waals surface area contributed by atoms with E-state index >= 15 is 0 Å². The van der Waals surface area contributed by atoms with E-state index in [4.69, 9.17) is 0 Å². The number of nitrogens with zero attached hydrogens (tertiary/aromatic N) is 3. The minimum atomic E-state index is -4.56. The second kappa shape index (κ2) is 12.2. The van der Waals surface area contributed by atoms with Crippen molar-refractivity contribution in [2.45, 2.75) is 51.0 Å². The summed E-state index contributed by atoms with van der Waals surface area (Å²) >= 11 is 1.03. The Kier molecular flexibility index (Phi) is 8.86. The van der Waals surface area contributed by atoms with Crippen molar-refractivity contribution in [2.24, 2.45) is 0 Å². The van der Waals surface area contributed by atoms with Crippen LogP contribution in [0.5, 0.6) is 0 Å². The zero-order valence-electron chi connectivity index (χ0n) is 23.0. The Balaban J connectivity index is 1.55. The summed E-state index contributed by atoms with van der Waals surface area (Å²) in [4.78, 5) is 25.5. The van der Waals surface area contributed by atoms with Crippen molar-refractivity contribution < 1.29 is 22.8 Å². The van der Waals surface area contributed by atoms with Gasteiger partial charge in [0.15, 0.2) is 11.0 Å². The summed E-state index contributed by atoms with van der Waals surface area (Å²) in [5.41, 5.74) is 2.37. The van der Waals surface area contributed by atoms with Gasteiger partial charge in [-0.15, -0.1) is 10.2 Å². The van der Waals surface area contributed by atoms with Crippen LogP contribution in [-0.2, 0) is 22.9 Å². The van der Waals surface area contributed by atoms with Gasteiger partial charge in [0.2, 0.25) is 5.91 Å². The maximum absolute atomic E-state index is 13.5. The summed E-state index contributed by atoms with van der Waals surface area (Å²) in [7, 11) is 0. The number of carbonyl (C=O) groups excluding carboxylic acids is 2. The number of nitrogens with one attached hydrogen (secondary N) is 2. The molecular weight excluding hydrogens is 551 g/mol. The van der Waals surface area contributed by atoms with E-state index in [9.17, 15) is 22.8 Å². The molecule has 0 atom stereocenters. The Morgan fingerprint density at radius 2 is 1.61 bits per heavy atom. The number of thioether (sulfide) groups is 1. The molecule has 1 aromatic heterocycles. The molecule has 4 rings (SSSR count). The van der Waals surface area contributed by atoms with Gasteiger partial charge >= 0.3 is 6.18 Å². The molecule has 0 saturated heterocycles. The smallest absolute Gasteiger partial charge is 0.345 e. The van der Waals surface area contributed by atoms with Crippen molar-refractivity contribution in [1.29, 1.82) is 0 Å². The second-order valence-corrected chi connectivity index (χ2v) is 11.4. The molecule has 3 aromatic carbocycles. The molecule has 0 radical (unpaired) electrons. The SMILES string of the molecule is Cc1cccc(NC(=O)CSc2nnc(CNC(=O)c3ccc(C(C)(C)C)cc3)n2-c2cccc(C(F)(F)F)c2)c1. The van der Waals surface area contributed by atoms with Gasteiger partial charge in [0.25, 0.3) is 5.91 Å². The van der Waals surface area contributed by atoms with E-state index in [2.05, 4.69) is 41.6 Å². The Labute approximate surface area is 240 Å². The van der Waals surface area contributed by atoms with Gasteiger partial charge in [-0.1, -0.05) is 62.9 Å². The van der Waals surface area contributed by atoms with E-state index in [1.807, 2.05) is 37.3 Å². The molecule has 41 heavy (non-hydrogen) atoms. The van der Waals surface area contributed by atoms with E-state index in [-0.39, 0.29) is 46.2 Å². The molecule has 2 N–H and O–H groups in total. The first kappa shape index (κ1) is 29.9. The average Bonchev–Trinajstić information content (AvgIpc) is 3.32. The van der Waals surface area contributed by atoms with Crippen LogP contribution in [0.1, 0.15) is 53.6 Å². The van der Waals surface area contributed by atoms with Crippen LogP contribution >= 0.6 is 11.8 Å². The second-order valence-electron chi connectivity index (χ2n) is 10.5. The molecule has 0 aliphatic carbocycles. The molecule has 2 amide bonds. The number of benzene rings is 3. The normalized spacial score (nSPS) is 11.8. The van der Waals surface area contributed by atoms with Gasteiger partial charge in [-0.25, -0.2) is 0 Å². The summed E-state index contributed by atoms with van der Waals surface area (Å²) in [5, 5.41) is 14.0. The molecule has 0 fully saturated rings. The van der Waals surface area contributed by atoms with Gasteiger partial charge in [0, 0.05) is 11.3 Å². The highest BCUT2D eigenvalue weighted by molar-refractivity contribution is 7.99. The fraction of sp³-hybridized carbons (Fsp3) is 0.267. The summed E-state index contributed by atoms with van der Waals surface area (Å²) in [6.45, 7) is 8.03. The van der Waals surface area contributed by atoms with Crippen LogP contribution in [0.4, 0.5) is 18.9 Å². The number of carbonyl (C=O) groups is 2. The molecule has 11 heteroatoms. The number of aromatic nitrogens is 3. The summed E-state index contributed by atoms with van der Waals surface area (Å²) < 4.78 is 41.9. The maximum Gasteiger partial charge on any atom is 0.416 e. The molecule has 0 aliphatic rings. The first-order chi connectivity index (χ1) is 19.3. The van der Waals surface area contributed by atoms with Crippen molar-refractivity contribution in [2.75, 3.05) is 11.1 Å². The highest BCUT2D eigenvalue weighted by Gasteiger charge is 2.31. The molecule has 0 saturated carbocycles. The number of amides is 2. The minimum Gasteiger partial charge on any atom is -0.345 e. The lowest BCUT2D eigenvalue weighted by molar-refractivity contribution is -0.137. The third-order valence-corrected chi connectivity index (χ3v) is 7.12. The average molecular weight is 582 g/mol. The van der Waals surface area contributed by atoms with Gasteiger partial charge < -0.3 is 10.6 Å². The highest BCUT2D eigenvalue weighted by atomic mass is 32.2. The summed E-state index contributed by atoms with van der Waals surface area (Å²) in [6, 6.07) is 19.3. The van der Waals surface area contributed by atoms with E-state index < -0.39 is 11.7 Å². The number of aryl methyl sites for hydroxylation is 1. The third-order valence-electron chi connectivity index (χ3n) is 6.19. The van der Waals surface area contributed by atoms with E-state index in [0.29, 0.717) is 11.3 Å². The first-order valence-corrected chi connectivity index (χ1v) is 13.8. The molecule has 0 spiro atoms. The summed E-state index contributed by atoms with van der Waals surface area (Å²) in [5.74, 6) is -0.522. The van der Waals surface area contributed by atoms with Gasteiger partial charge in [-0.2, -0.15) is 13.2 Å². The largest absolute Gasteiger partial charge is 0.416 e. The topological polar surface area (TPSA) is 88.9 Å². The molecule has 214 valence electrons. The lowest BCUT2D eigenvalue weighted by Gasteiger charge is -2.19. The molecule has 7 nitrogen and oxygen atoms in total. The minimum absolute atomic E-state index is 0.0580. The van der Waals surface area contributed by atoms with E-state index in [0.717, 1.165) is 35.0 Å². The molecule has 4 aromatic rings. The standard InChI is InChI=1S/C30H30F3N5O2S/c1-19-7-5-9-23(15-19)35-26(39)18-41-28-37-36-25(38(28)24-10-6-8-22(16-24)30(31,32)33)17-34-27(40)20-11-13-21(14-12-20)29(2,3)4/h5-16H,17-18H2,1-4H3,(H,34,40)(H,35,39). The van der Waals surface area contributed by atoms with Gasteiger partial charge in [0.05, 0.1) is 23.5 Å². The van der Waals surface area contributed by atoms with Crippen LogP contribution in [0.2, 0.25) is 0 Å². The zero-order valence-corrected chi connectivity index (χ0v) is 23.9. The Morgan fingerprint density at radius 3 is 2.27 bits per heavy atom. The van der Waals surface area contributed by atoms with Gasteiger partial charge in [0.1, 0.15) is 0 Å². The van der Waals surface area contributed by atoms with Crippen LogP contribution < -0.4 is 10.6 Å². The van der Waals surface area contributed by atoms with Crippen molar-refractivity contribution in [3.63, 3.8) is 0 Å². The van der Waals surface area contributed by atoms with Crippen molar-refractivity contribution in [3.05, 3.63) is 101 Å². The Bertz CT molecular complexity index is 1540. The number of alkyl halides is 3. The lowest BCUT2D eigenvalue weighted by Crippen LogP contribution is -2.25. The molecule has 0 aliphatic heterocycles. The molecule has 0 bridgehead atoms. The number of halogens is 3. The maximum atomic E-state index is 13.5. The van der Waals surface area contributed by atoms with Crippen molar-refractivity contribution in [1.82, 2.24) is 20.1 Å². The number of rotatable bonds is 8. The Hall–Kier alpha value is -4.12. The van der Waals surface area contributed by atoms with Crippen LogP contribution in [0.25, 0.3) is 5.69 Å². The first-order valence-electron chi connectivity index (χ1n) is 12.8. The van der Waals surface area contributed by atoms with E-state index in [1.165, 1.54) is 16.7 Å². The summed E-state index contributed by atoms with van der Waals surface area (Å²) in [6.07, 6.45) is -4.56. The zero-order chi connectivity index (χ0) is 29.8. The fourth-order valence-electron chi connectivity index (χ4n) is 4.02. The molecular formula is C30H30F3N5O2S. The number of anilines is 1.